The van der Waals surface area contributed by atoms with Crippen molar-refractivity contribution in [2.75, 3.05) is 38.2 Å². The summed E-state index contributed by atoms with van der Waals surface area (Å²) in [6.45, 7) is 8.04. The van der Waals surface area contributed by atoms with Crippen LogP contribution in [0.25, 0.3) is 0 Å². The highest BCUT2D eigenvalue weighted by atomic mass is 32.2. The molecule has 0 bridgehead atoms. The number of nitrogens with zero attached hydrogens (tertiary/aromatic N) is 3. The summed E-state index contributed by atoms with van der Waals surface area (Å²) < 4.78 is 5.72. The van der Waals surface area contributed by atoms with Gasteiger partial charge in [-0.3, -0.25) is 9.89 Å². The monoisotopic (exact) mass is 379 g/mol. The molecule has 26 heavy (non-hydrogen) atoms. The Kier molecular flexibility index (Phi) is 7.25. The Bertz CT molecular complexity index is 569. The number of aryl methyl sites for hydroxylation is 2. The van der Waals surface area contributed by atoms with Crippen LogP contribution in [0.5, 0.6) is 0 Å². The maximum absolute atomic E-state index is 5.72. The van der Waals surface area contributed by atoms with Gasteiger partial charge >= 0.3 is 0 Å². The van der Waals surface area contributed by atoms with Crippen LogP contribution in [0.3, 0.4) is 0 Å². The van der Waals surface area contributed by atoms with Crippen LogP contribution in [0.15, 0.2) is 9.41 Å². The van der Waals surface area contributed by atoms with Gasteiger partial charge in [0.15, 0.2) is 5.96 Å². The third kappa shape index (κ3) is 5.64. The topological polar surface area (TPSA) is 65.7 Å². The number of nitrogens with one attached hydrogen (secondary N) is 2. The van der Waals surface area contributed by atoms with Crippen molar-refractivity contribution in [1.82, 2.24) is 20.5 Å². The lowest BCUT2D eigenvalue weighted by atomic mass is 9.97. The summed E-state index contributed by atoms with van der Waals surface area (Å²) in [5.41, 5.74) is 1.01. The quantitative estimate of drug-likeness (QED) is 0.605. The van der Waals surface area contributed by atoms with Gasteiger partial charge in [-0.15, -0.1) is 0 Å². The van der Waals surface area contributed by atoms with Crippen molar-refractivity contribution < 1.29 is 4.42 Å². The zero-order valence-corrected chi connectivity index (χ0v) is 17.2. The molecule has 2 aliphatic rings. The van der Waals surface area contributed by atoms with Crippen molar-refractivity contribution in [2.45, 2.75) is 52.1 Å². The van der Waals surface area contributed by atoms with Crippen molar-refractivity contribution in [2.24, 2.45) is 10.9 Å². The molecule has 2 saturated heterocycles. The van der Waals surface area contributed by atoms with E-state index in [1.165, 1.54) is 37.2 Å². The second-order valence-corrected chi connectivity index (χ2v) is 8.63. The lowest BCUT2D eigenvalue weighted by Crippen LogP contribution is -2.47. The summed E-state index contributed by atoms with van der Waals surface area (Å²) >= 11 is 2.04. The molecule has 1 aromatic heterocycles. The van der Waals surface area contributed by atoms with E-state index in [9.17, 15) is 0 Å². The van der Waals surface area contributed by atoms with E-state index in [2.05, 4.69) is 25.5 Å². The van der Waals surface area contributed by atoms with Gasteiger partial charge in [0.1, 0.15) is 5.76 Å². The van der Waals surface area contributed by atoms with E-state index in [-0.39, 0.29) is 0 Å². The summed E-state index contributed by atoms with van der Waals surface area (Å²) in [5, 5.41) is 7.12. The molecule has 3 heterocycles. The van der Waals surface area contributed by atoms with Gasteiger partial charge in [-0.2, -0.15) is 11.8 Å². The first-order valence-corrected chi connectivity index (χ1v) is 11.0. The van der Waals surface area contributed by atoms with Crippen molar-refractivity contribution in [3.8, 4) is 0 Å². The number of rotatable bonds is 5. The Morgan fingerprint density at radius 2 is 2.12 bits per heavy atom. The zero-order valence-electron chi connectivity index (χ0n) is 16.4. The number of hydrogen-bond donors (Lipinski definition) is 2. The van der Waals surface area contributed by atoms with Crippen LogP contribution >= 0.6 is 11.8 Å². The van der Waals surface area contributed by atoms with E-state index in [0.29, 0.717) is 12.0 Å². The molecule has 0 aliphatic carbocycles. The molecule has 7 heteroatoms. The smallest absolute Gasteiger partial charge is 0.208 e. The van der Waals surface area contributed by atoms with Crippen LogP contribution in [-0.2, 0) is 6.54 Å². The van der Waals surface area contributed by atoms with Crippen LogP contribution in [0.2, 0.25) is 0 Å². The Morgan fingerprint density at radius 1 is 1.31 bits per heavy atom. The fourth-order valence-electron chi connectivity index (χ4n) is 3.63. The molecular formula is C19H33N5OS. The Hall–Kier alpha value is -1.21. The van der Waals surface area contributed by atoms with Crippen LogP contribution in [0.4, 0.5) is 0 Å². The standard InChI is InChI=1S/C19H33N5OS/c1-14-15(2)25-18(22-14)12-24-8-6-16(7-9-24)11-21-19(20-3)23-17-5-4-10-26-13-17/h16-17H,4-13H2,1-3H3,(H2,20,21,23). The number of aromatic nitrogens is 1. The van der Waals surface area contributed by atoms with Gasteiger partial charge in [0, 0.05) is 25.4 Å². The normalized spacial score (nSPS) is 23.2. The van der Waals surface area contributed by atoms with Crippen LogP contribution in [0, 0.1) is 19.8 Å². The highest BCUT2D eigenvalue weighted by Gasteiger charge is 2.21. The molecule has 2 fully saturated rings. The molecule has 146 valence electrons. The summed E-state index contributed by atoms with van der Waals surface area (Å²) in [6, 6.07) is 0.564. The number of hydrogen-bond acceptors (Lipinski definition) is 5. The minimum atomic E-state index is 0.564. The Labute approximate surface area is 161 Å². The lowest BCUT2D eigenvalue weighted by molar-refractivity contribution is 0.164. The van der Waals surface area contributed by atoms with Crippen LogP contribution < -0.4 is 10.6 Å². The second-order valence-electron chi connectivity index (χ2n) is 7.48. The van der Waals surface area contributed by atoms with E-state index in [0.717, 1.165) is 49.5 Å². The maximum atomic E-state index is 5.72. The largest absolute Gasteiger partial charge is 0.444 e. The summed E-state index contributed by atoms with van der Waals surface area (Å²) in [5.74, 6) is 5.96. The number of thioether (sulfide) groups is 1. The lowest BCUT2D eigenvalue weighted by Gasteiger charge is -2.32. The van der Waals surface area contributed by atoms with Crippen molar-refractivity contribution >= 4 is 17.7 Å². The molecule has 2 aliphatic heterocycles. The SMILES string of the molecule is CN=C(NCC1CCN(Cc2nc(C)c(C)o2)CC1)NC1CCCSC1. The van der Waals surface area contributed by atoms with Gasteiger partial charge in [0.25, 0.3) is 0 Å². The summed E-state index contributed by atoms with van der Waals surface area (Å²) in [4.78, 5) is 11.4. The molecule has 1 aromatic rings. The Morgan fingerprint density at radius 3 is 2.73 bits per heavy atom. The summed E-state index contributed by atoms with van der Waals surface area (Å²) in [6.07, 6.45) is 4.98. The number of likely N-dealkylation sites (tertiary alicyclic amines) is 1. The van der Waals surface area contributed by atoms with Gasteiger partial charge in [-0.25, -0.2) is 4.98 Å². The molecule has 6 nitrogen and oxygen atoms in total. The van der Waals surface area contributed by atoms with E-state index < -0.39 is 0 Å². The third-order valence-corrected chi connectivity index (χ3v) is 6.64. The number of guanidine groups is 1. The van der Waals surface area contributed by atoms with Gasteiger partial charge < -0.3 is 15.1 Å². The molecule has 0 saturated carbocycles. The first-order chi connectivity index (χ1) is 12.6. The van der Waals surface area contributed by atoms with E-state index in [1.54, 1.807) is 0 Å². The second kappa shape index (κ2) is 9.65. The molecule has 1 atom stereocenters. The number of aliphatic imine (C=N–C) groups is 1. The predicted molar refractivity (Wildman–Crippen MR) is 109 cm³/mol. The molecule has 0 spiro atoms. The fourth-order valence-corrected chi connectivity index (χ4v) is 4.70. The maximum Gasteiger partial charge on any atom is 0.208 e. The molecule has 0 aromatic carbocycles. The minimum absolute atomic E-state index is 0.564. The molecule has 1 unspecified atom stereocenters. The predicted octanol–water partition coefficient (Wildman–Crippen LogP) is 2.56. The molecule has 2 N–H and O–H groups in total. The highest BCUT2D eigenvalue weighted by molar-refractivity contribution is 7.99. The van der Waals surface area contributed by atoms with E-state index in [4.69, 9.17) is 4.42 Å². The molecule has 0 amide bonds. The highest BCUT2D eigenvalue weighted by Crippen LogP contribution is 2.20. The van der Waals surface area contributed by atoms with Crippen LogP contribution in [0.1, 0.15) is 43.0 Å². The molecule has 0 radical (unpaired) electrons. The Balaban J connectivity index is 1.36. The van der Waals surface area contributed by atoms with E-state index >= 15 is 0 Å². The van der Waals surface area contributed by atoms with E-state index in [1.807, 2.05) is 32.7 Å². The molecular weight excluding hydrogens is 346 g/mol. The summed E-state index contributed by atoms with van der Waals surface area (Å²) in [7, 11) is 1.87. The van der Waals surface area contributed by atoms with Crippen molar-refractivity contribution in [3.05, 3.63) is 17.3 Å². The fraction of sp³-hybridized carbons (Fsp3) is 0.789. The van der Waals surface area contributed by atoms with Gasteiger partial charge in [-0.05, 0) is 64.3 Å². The van der Waals surface area contributed by atoms with Gasteiger partial charge in [0.05, 0.1) is 12.2 Å². The zero-order chi connectivity index (χ0) is 18.4. The number of piperidine rings is 1. The van der Waals surface area contributed by atoms with Crippen molar-refractivity contribution in [1.29, 1.82) is 0 Å². The average Bonchev–Trinajstić information content (AvgIpc) is 2.98. The third-order valence-electron chi connectivity index (χ3n) is 5.42. The molecule has 3 rings (SSSR count). The van der Waals surface area contributed by atoms with Gasteiger partial charge in [-0.1, -0.05) is 0 Å². The first-order valence-electron chi connectivity index (χ1n) is 9.84. The minimum Gasteiger partial charge on any atom is -0.444 e. The van der Waals surface area contributed by atoms with Crippen LogP contribution in [-0.4, -0.2) is 60.1 Å². The van der Waals surface area contributed by atoms with Gasteiger partial charge in [0.2, 0.25) is 5.89 Å². The average molecular weight is 380 g/mol. The number of oxazole rings is 1. The van der Waals surface area contributed by atoms with Crippen molar-refractivity contribution in [3.63, 3.8) is 0 Å². The first kappa shape index (κ1) is 19.5.